The normalized spacial score (nSPS) is 17.1. The molecule has 0 spiro atoms. The highest BCUT2D eigenvalue weighted by Crippen LogP contribution is 2.19. The minimum absolute atomic E-state index is 0. The van der Waals surface area contributed by atoms with Crippen molar-refractivity contribution < 1.29 is 4.74 Å². The maximum Gasteiger partial charge on any atom is 0.191 e. The monoisotopic (exact) mass is 509 g/mol. The predicted octanol–water partition coefficient (Wildman–Crippen LogP) is 2.95. The van der Waals surface area contributed by atoms with Gasteiger partial charge in [-0.1, -0.05) is 27.7 Å². The van der Waals surface area contributed by atoms with Gasteiger partial charge in [0.25, 0.3) is 0 Å². The first-order chi connectivity index (χ1) is 12.5. The van der Waals surface area contributed by atoms with E-state index in [9.17, 15) is 0 Å². The summed E-state index contributed by atoms with van der Waals surface area (Å²) in [6, 6.07) is 0.490. The Kier molecular flexibility index (Phi) is 11.7. The molecule has 2 rings (SSSR count). The van der Waals surface area contributed by atoms with Crippen LogP contribution < -0.4 is 10.6 Å². The summed E-state index contributed by atoms with van der Waals surface area (Å²) in [5, 5.41) is 10.3. The molecule has 0 radical (unpaired) electrons. The molecule has 0 aliphatic carbocycles. The summed E-state index contributed by atoms with van der Waals surface area (Å²) < 4.78 is 5.48. The van der Waals surface area contributed by atoms with Gasteiger partial charge in [-0.15, -0.1) is 35.3 Å². The lowest BCUT2D eigenvalue weighted by molar-refractivity contribution is 0.00752. The zero-order valence-electron chi connectivity index (χ0n) is 17.3. The Morgan fingerprint density at radius 3 is 2.52 bits per heavy atom. The smallest absolute Gasteiger partial charge is 0.191 e. The number of morpholine rings is 1. The zero-order chi connectivity index (χ0) is 18.9. The Hall–Kier alpha value is -0.450. The number of hydrogen-bond donors (Lipinski definition) is 2. The van der Waals surface area contributed by atoms with Gasteiger partial charge in [-0.3, -0.25) is 9.89 Å². The average Bonchev–Trinajstić information content (AvgIpc) is 3.10. The van der Waals surface area contributed by atoms with Crippen LogP contribution in [0.2, 0.25) is 0 Å². The number of nitrogens with zero attached hydrogens (tertiary/aromatic N) is 3. The van der Waals surface area contributed by atoms with E-state index in [-0.39, 0.29) is 24.0 Å². The maximum absolute atomic E-state index is 5.48. The summed E-state index contributed by atoms with van der Waals surface area (Å²) in [5.74, 6) is 1.95. The molecule has 8 heteroatoms. The Labute approximate surface area is 185 Å². The first-order valence-corrected chi connectivity index (χ1v) is 10.6. The molecule has 1 unspecified atom stereocenters. The first kappa shape index (κ1) is 24.6. The fourth-order valence-electron chi connectivity index (χ4n) is 3.13. The average molecular weight is 510 g/mol. The molecule has 1 fully saturated rings. The molecule has 0 amide bonds. The van der Waals surface area contributed by atoms with E-state index in [2.05, 4.69) is 53.6 Å². The predicted molar refractivity (Wildman–Crippen MR) is 126 cm³/mol. The summed E-state index contributed by atoms with van der Waals surface area (Å²) in [5.41, 5.74) is 1.16. The van der Waals surface area contributed by atoms with Crippen LogP contribution in [-0.2, 0) is 11.2 Å². The number of rotatable bonds is 8. The molecule has 1 saturated heterocycles. The van der Waals surface area contributed by atoms with Gasteiger partial charge in [0.05, 0.1) is 23.9 Å². The molecule has 2 N–H and O–H groups in total. The van der Waals surface area contributed by atoms with Crippen molar-refractivity contribution in [3.05, 3.63) is 16.1 Å². The molecule has 1 aliphatic heterocycles. The van der Waals surface area contributed by atoms with Gasteiger partial charge in [0.1, 0.15) is 0 Å². The van der Waals surface area contributed by atoms with Crippen LogP contribution in [0.3, 0.4) is 0 Å². The summed E-state index contributed by atoms with van der Waals surface area (Å²) in [6.45, 7) is 14.4. The highest BCUT2D eigenvalue weighted by atomic mass is 127. The van der Waals surface area contributed by atoms with Crippen molar-refractivity contribution in [3.63, 3.8) is 0 Å². The maximum atomic E-state index is 5.48. The first-order valence-electron chi connectivity index (χ1n) is 9.71. The quantitative estimate of drug-likeness (QED) is 0.321. The third kappa shape index (κ3) is 8.21. The van der Waals surface area contributed by atoms with Gasteiger partial charge in [0.15, 0.2) is 5.96 Å². The molecule has 1 atom stereocenters. The standard InChI is InChI=1S/C19H35N5OS.HI/c1-14(2)17(24-8-10-25-11-9-24)12-22-19(20-5)21-7-6-16-13-26-18(23-16)15(3)4;/h13-15,17H,6-12H2,1-5H3,(H2,20,21,22);1H. The second kappa shape index (κ2) is 12.9. The molecule has 0 saturated carbocycles. The van der Waals surface area contributed by atoms with E-state index in [1.165, 1.54) is 5.01 Å². The van der Waals surface area contributed by atoms with E-state index < -0.39 is 0 Å². The largest absolute Gasteiger partial charge is 0.379 e. The Morgan fingerprint density at radius 2 is 1.96 bits per heavy atom. The SMILES string of the molecule is CN=C(NCCc1csc(C(C)C)n1)NCC(C(C)C)N1CCOCC1.I. The van der Waals surface area contributed by atoms with Crippen LogP contribution in [0.1, 0.15) is 44.3 Å². The van der Waals surface area contributed by atoms with Gasteiger partial charge in [0.2, 0.25) is 0 Å². The number of nitrogens with one attached hydrogen (secondary N) is 2. The molecule has 0 aromatic carbocycles. The van der Waals surface area contributed by atoms with Crippen LogP contribution in [-0.4, -0.2) is 68.3 Å². The molecule has 1 aliphatic rings. The summed E-state index contributed by atoms with van der Waals surface area (Å²) >= 11 is 1.75. The lowest BCUT2D eigenvalue weighted by Crippen LogP contribution is -2.52. The fraction of sp³-hybridized carbons (Fsp3) is 0.789. The third-order valence-electron chi connectivity index (χ3n) is 4.72. The van der Waals surface area contributed by atoms with E-state index in [4.69, 9.17) is 9.72 Å². The molecule has 156 valence electrons. The van der Waals surface area contributed by atoms with Crippen molar-refractivity contribution in [2.24, 2.45) is 10.9 Å². The van der Waals surface area contributed by atoms with Gasteiger partial charge in [-0.05, 0) is 5.92 Å². The van der Waals surface area contributed by atoms with Crippen LogP contribution in [0.25, 0.3) is 0 Å². The van der Waals surface area contributed by atoms with E-state index in [0.29, 0.717) is 17.9 Å². The van der Waals surface area contributed by atoms with Crippen LogP contribution >= 0.6 is 35.3 Å². The van der Waals surface area contributed by atoms with Gasteiger partial charge in [0, 0.05) is 57.0 Å². The molecule has 1 aromatic rings. The number of aromatic nitrogens is 1. The zero-order valence-corrected chi connectivity index (χ0v) is 20.5. The van der Waals surface area contributed by atoms with Gasteiger partial charge in [-0.2, -0.15) is 0 Å². The fourth-order valence-corrected chi connectivity index (χ4v) is 4.00. The van der Waals surface area contributed by atoms with Gasteiger partial charge < -0.3 is 15.4 Å². The van der Waals surface area contributed by atoms with E-state index in [0.717, 1.165) is 57.5 Å². The van der Waals surface area contributed by atoms with Crippen LogP contribution in [0, 0.1) is 5.92 Å². The molecule has 0 bridgehead atoms. The number of thiazole rings is 1. The van der Waals surface area contributed by atoms with E-state index in [1.54, 1.807) is 11.3 Å². The third-order valence-corrected chi connectivity index (χ3v) is 5.92. The molecular formula is C19H36IN5OS. The van der Waals surface area contributed by atoms with Crippen molar-refractivity contribution in [2.75, 3.05) is 46.4 Å². The number of ether oxygens (including phenoxy) is 1. The Bertz CT molecular complexity index is 558. The van der Waals surface area contributed by atoms with Crippen LogP contribution in [0.4, 0.5) is 0 Å². The van der Waals surface area contributed by atoms with E-state index >= 15 is 0 Å². The number of hydrogen-bond acceptors (Lipinski definition) is 5. The molecule has 1 aromatic heterocycles. The van der Waals surface area contributed by atoms with Crippen LogP contribution in [0.15, 0.2) is 10.4 Å². The Morgan fingerprint density at radius 1 is 1.26 bits per heavy atom. The van der Waals surface area contributed by atoms with Crippen molar-refractivity contribution in [1.82, 2.24) is 20.5 Å². The number of halogens is 1. The number of aliphatic imine (C=N–C) groups is 1. The van der Waals surface area contributed by atoms with Crippen molar-refractivity contribution >= 4 is 41.3 Å². The van der Waals surface area contributed by atoms with Crippen LogP contribution in [0.5, 0.6) is 0 Å². The van der Waals surface area contributed by atoms with Gasteiger partial charge >= 0.3 is 0 Å². The highest BCUT2D eigenvalue weighted by Gasteiger charge is 2.23. The van der Waals surface area contributed by atoms with Crippen molar-refractivity contribution in [1.29, 1.82) is 0 Å². The number of guanidine groups is 1. The molecule has 6 nitrogen and oxygen atoms in total. The minimum Gasteiger partial charge on any atom is -0.379 e. The van der Waals surface area contributed by atoms with E-state index in [1.807, 2.05) is 7.05 Å². The second-order valence-corrected chi connectivity index (χ2v) is 8.31. The minimum atomic E-state index is 0. The lowest BCUT2D eigenvalue weighted by atomic mass is 10.0. The Balaban J connectivity index is 0.00000364. The molecule has 2 heterocycles. The van der Waals surface area contributed by atoms with Crippen molar-refractivity contribution in [2.45, 2.75) is 46.1 Å². The topological polar surface area (TPSA) is 61.8 Å². The molecule has 27 heavy (non-hydrogen) atoms. The van der Waals surface area contributed by atoms with Gasteiger partial charge in [-0.25, -0.2) is 4.98 Å². The second-order valence-electron chi connectivity index (χ2n) is 7.42. The van der Waals surface area contributed by atoms with Crippen molar-refractivity contribution in [3.8, 4) is 0 Å². The molecular weight excluding hydrogens is 473 g/mol. The highest BCUT2D eigenvalue weighted by molar-refractivity contribution is 14.0. The lowest BCUT2D eigenvalue weighted by Gasteiger charge is -2.37. The summed E-state index contributed by atoms with van der Waals surface area (Å²) in [4.78, 5) is 11.6. The summed E-state index contributed by atoms with van der Waals surface area (Å²) in [7, 11) is 1.83. The summed E-state index contributed by atoms with van der Waals surface area (Å²) in [6.07, 6.45) is 0.918.